The monoisotopic (exact) mass is 176 g/mol. The molecule has 0 atom stereocenters. The van der Waals surface area contributed by atoms with Crippen molar-refractivity contribution >= 4 is 11.8 Å². The molecule has 0 rings (SSSR count). The highest BCUT2D eigenvalue weighted by molar-refractivity contribution is 5.80. The zero-order chi connectivity index (χ0) is 9.40. The predicted molar refractivity (Wildman–Crippen MR) is 41.8 cm³/mol. The lowest BCUT2D eigenvalue weighted by Gasteiger charge is -2.03. The molecule has 0 unspecified atom stereocenters. The molecule has 0 saturated heterocycles. The third kappa shape index (κ3) is 6.98. The van der Waals surface area contributed by atoms with E-state index in [1.807, 2.05) is 0 Å². The molecule has 2 N–H and O–H groups in total. The smallest absolute Gasteiger partial charge is 0.238 e. The molecule has 0 aliphatic carbocycles. The van der Waals surface area contributed by atoms with E-state index in [0.717, 1.165) is 0 Å². The molecule has 0 aromatic rings. The summed E-state index contributed by atoms with van der Waals surface area (Å²) in [5.41, 5.74) is 4.32. The summed E-state index contributed by atoms with van der Waals surface area (Å²) in [6, 6.07) is 0. The van der Waals surface area contributed by atoms with Gasteiger partial charge in [-0.25, -0.2) is 0 Å². The average Bonchev–Trinajstić information content (AvgIpc) is 2.01. The summed E-state index contributed by atoms with van der Waals surface area (Å²) in [6.07, 6.45) is 1.12. The number of unbranched alkanes of at least 4 members (excludes halogenated alkanes) is 1. The molecule has 0 fully saturated rings. The molecule has 0 spiro atoms. The number of rotatable bonds is 4. The average molecular weight is 176 g/mol. The first-order valence-electron chi connectivity index (χ1n) is 3.78. The first-order valence-corrected chi connectivity index (χ1v) is 3.78. The van der Waals surface area contributed by atoms with Gasteiger partial charge in [-0.2, -0.15) is 0 Å². The molecule has 0 aliphatic heterocycles. The largest absolute Gasteiger partial charge is 0.274 e. The third-order valence-corrected chi connectivity index (χ3v) is 1.17. The van der Waals surface area contributed by atoms with E-state index in [0.29, 0.717) is 12.8 Å². The van der Waals surface area contributed by atoms with E-state index in [2.05, 4.69) is 10.9 Å². The molecule has 0 bridgehead atoms. The number of hydrogen-bond acceptors (Lipinski definition) is 2. The van der Waals surface area contributed by atoms with Gasteiger partial charge >= 0.3 is 0 Å². The van der Waals surface area contributed by atoms with E-state index in [-0.39, 0.29) is 18.2 Å². The maximum absolute atomic E-state index is 11.6. The minimum atomic E-state index is -0.409. The van der Waals surface area contributed by atoms with Crippen LogP contribution in [0.25, 0.3) is 0 Å². The Balaban J connectivity index is 3.28. The molecule has 0 saturated carbocycles. The molecule has 5 heteroatoms. The topological polar surface area (TPSA) is 58.2 Å². The first kappa shape index (κ1) is 10.9. The van der Waals surface area contributed by atoms with Gasteiger partial charge in [0.2, 0.25) is 11.8 Å². The van der Waals surface area contributed by atoms with Crippen molar-refractivity contribution < 1.29 is 14.0 Å². The Labute approximate surface area is 70.5 Å². The highest BCUT2D eigenvalue weighted by Crippen LogP contribution is 1.94. The van der Waals surface area contributed by atoms with Crippen molar-refractivity contribution in [2.45, 2.75) is 26.2 Å². The van der Waals surface area contributed by atoms with Crippen molar-refractivity contribution in [3.8, 4) is 0 Å². The van der Waals surface area contributed by atoms with Gasteiger partial charge < -0.3 is 0 Å². The standard InChI is InChI=1S/C7H13FN2O2/c1-6(11)9-10-7(12)4-2-3-5-8/h2-5H2,1H3,(H,9,11)(H,10,12). The normalized spacial score (nSPS) is 9.17. The fourth-order valence-corrected chi connectivity index (χ4v) is 0.600. The van der Waals surface area contributed by atoms with Crippen molar-refractivity contribution in [1.29, 1.82) is 0 Å². The van der Waals surface area contributed by atoms with Gasteiger partial charge in [0.1, 0.15) is 0 Å². The Morgan fingerprint density at radius 1 is 1.25 bits per heavy atom. The van der Waals surface area contributed by atoms with Crippen LogP contribution in [0.3, 0.4) is 0 Å². The van der Waals surface area contributed by atoms with Gasteiger partial charge in [-0.05, 0) is 12.8 Å². The quantitative estimate of drug-likeness (QED) is 0.478. The zero-order valence-electron chi connectivity index (χ0n) is 7.02. The second-order valence-electron chi connectivity index (χ2n) is 2.38. The molecule has 12 heavy (non-hydrogen) atoms. The fourth-order valence-electron chi connectivity index (χ4n) is 0.600. The maximum atomic E-state index is 11.6. The third-order valence-electron chi connectivity index (χ3n) is 1.17. The Bertz CT molecular complexity index is 161. The lowest BCUT2D eigenvalue weighted by molar-refractivity contribution is -0.127. The van der Waals surface area contributed by atoms with Crippen LogP contribution in [-0.4, -0.2) is 18.5 Å². The number of nitrogens with one attached hydrogen (secondary N) is 2. The molecule has 2 amide bonds. The van der Waals surface area contributed by atoms with E-state index >= 15 is 0 Å². The zero-order valence-corrected chi connectivity index (χ0v) is 7.02. The van der Waals surface area contributed by atoms with Crippen molar-refractivity contribution in [3.63, 3.8) is 0 Å². The van der Waals surface area contributed by atoms with Crippen LogP contribution in [0, 0.1) is 0 Å². The van der Waals surface area contributed by atoms with E-state index in [1.54, 1.807) is 0 Å². The summed E-state index contributed by atoms with van der Waals surface area (Å²) < 4.78 is 11.6. The van der Waals surface area contributed by atoms with Crippen LogP contribution >= 0.6 is 0 Å². The van der Waals surface area contributed by atoms with Crippen LogP contribution in [0.15, 0.2) is 0 Å². The molecule has 0 heterocycles. The van der Waals surface area contributed by atoms with Gasteiger partial charge in [0, 0.05) is 13.3 Å². The van der Waals surface area contributed by atoms with E-state index in [4.69, 9.17) is 0 Å². The number of alkyl halides is 1. The molecule has 0 radical (unpaired) electrons. The number of hydrogen-bond donors (Lipinski definition) is 2. The SMILES string of the molecule is CC(=O)NNC(=O)CCCCF. The van der Waals surface area contributed by atoms with Crippen LogP contribution in [0.4, 0.5) is 4.39 Å². The lowest BCUT2D eigenvalue weighted by Crippen LogP contribution is -2.40. The molecule has 4 nitrogen and oxygen atoms in total. The van der Waals surface area contributed by atoms with Crippen molar-refractivity contribution in [3.05, 3.63) is 0 Å². The highest BCUT2D eigenvalue weighted by atomic mass is 19.1. The van der Waals surface area contributed by atoms with Crippen molar-refractivity contribution in [1.82, 2.24) is 10.9 Å². The van der Waals surface area contributed by atoms with Gasteiger partial charge in [0.05, 0.1) is 6.67 Å². The maximum Gasteiger partial charge on any atom is 0.238 e. The lowest BCUT2D eigenvalue weighted by atomic mass is 10.2. The van der Waals surface area contributed by atoms with Crippen LogP contribution in [-0.2, 0) is 9.59 Å². The Hall–Kier alpha value is -1.13. The molecule has 0 aromatic heterocycles. The summed E-state index contributed by atoms with van der Waals surface area (Å²) in [7, 11) is 0. The number of carbonyl (C=O) groups excluding carboxylic acids is 2. The Morgan fingerprint density at radius 2 is 1.92 bits per heavy atom. The molecular formula is C7H13FN2O2. The highest BCUT2D eigenvalue weighted by Gasteiger charge is 1.99. The van der Waals surface area contributed by atoms with Gasteiger partial charge in [-0.15, -0.1) is 0 Å². The minimum Gasteiger partial charge on any atom is -0.274 e. The van der Waals surface area contributed by atoms with E-state index < -0.39 is 6.67 Å². The van der Waals surface area contributed by atoms with Gasteiger partial charge in [-0.3, -0.25) is 24.8 Å². The fraction of sp³-hybridized carbons (Fsp3) is 0.714. The van der Waals surface area contributed by atoms with Crippen LogP contribution in [0.5, 0.6) is 0 Å². The van der Waals surface area contributed by atoms with Crippen LogP contribution in [0.1, 0.15) is 26.2 Å². The van der Waals surface area contributed by atoms with E-state index in [9.17, 15) is 14.0 Å². The minimum absolute atomic E-state index is 0.240. The molecule has 0 aliphatic rings. The summed E-state index contributed by atoms with van der Waals surface area (Å²) in [4.78, 5) is 21.1. The second-order valence-corrected chi connectivity index (χ2v) is 2.38. The van der Waals surface area contributed by atoms with Crippen molar-refractivity contribution in [2.75, 3.05) is 6.67 Å². The number of hydrazine groups is 1. The van der Waals surface area contributed by atoms with E-state index in [1.165, 1.54) is 6.92 Å². The van der Waals surface area contributed by atoms with Crippen molar-refractivity contribution in [2.24, 2.45) is 0 Å². The predicted octanol–water partition coefficient (Wildman–Crippen LogP) is 0.293. The molecule has 0 aromatic carbocycles. The van der Waals surface area contributed by atoms with Crippen LogP contribution < -0.4 is 10.9 Å². The Kier molecular flexibility index (Phi) is 5.95. The first-order chi connectivity index (χ1) is 5.66. The summed E-state index contributed by atoms with van der Waals surface area (Å²) >= 11 is 0. The Morgan fingerprint density at radius 3 is 2.42 bits per heavy atom. The summed E-state index contributed by atoms with van der Waals surface area (Å²) in [6.45, 7) is 0.884. The molecular weight excluding hydrogens is 163 g/mol. The summed E-state index contributed by atoms with van der Waals surface area (Å²) in [5, 5.41) is 0. The number of amides is 2. The van der Waals surface area contributed by atoms with Crippen LogP contribution in [0.2, 0.25) is 0 Å². The van der Waals surface area contributed by atoms with Gasteiger partial charge in [0.15, 0.2) is 0 Å². The van der Waals surface area contributed by atoms with Gasteiger partial charge in [0.25, 0.3) is 0 Å². The second kappa shape index (κ2) is 6.57. The number of carbonyl (C=O) groups is 2. The summed E-state index contributed by atoms with van der Waals surface area (Å²) in [5.74, 6) is -0.618. The molecule has 70 valence electrons. The number of halogens is 1. The van der Waals surface area contributed by atoms with Gasteiger partial charge in [-0.1, -0.05) is 0 Å².